The Morgan fingerprint density at radius 1 is 1.11 bits per heavy atom. The maximum Gasteiger partial charge on any atom is 0.141 e. The second-order valence-corrected chi connectivity index (χ2v) is 9.81. The summed E-state index contributed by atoms with van der Waals surface area (Å²) in [4.78, 5) is 15.5. The highest BCUT2D eigenvalue weighted by Gasteiger charge is 2.53. The van der Waals surface area contributed by atoms with Crippen LogP contribution < -0.4 is 15.8 Å². The first-order valence-corrected chi connectivity index (χ1v) is 12.3. The molecule has 4 aromatic rings. The van der Waals surface area contributed by atoms with Crippen molar-refractivity contribution in [3.8, 4) is 17.6 Å². The van der Waals surface area contributed by atoms with E-state index in [1.54, 1.807) is 12.3 Å². The largest absolute Gasteiger partial charge is 0.486 e. The molecule has 3 N–H and O–H groups in total. The molecule has 1 saturated carbocycles. The van der Waals surface area contributed by atoms with Crippen LogP contribution in [-0.4, -0.2) is 40.0 Å². The van der Waals surface area contributed by atoms with Gasteiger partial charge in [0.25, 0.3) is 0 Å². The van der Waals surface area contributed by atoms with E-state index in [9.17, 15) is 0 Å². The number of ether oxygens (including phenoxy) is 1. The number of nitrogens with one attached hydrogen (secondary N) is 1. The fraction of sp³-hybridized carbons (Fsp3) is 0.250. The number of rotatable bonds is 5. The number of halogens is 1. The summed E-state index contributed by atoms with van der Waals surface area (Å²) >= 11 is 6.48. The van der Waals surface area contributed by atoms with E-state index in [-0.39, 0.29) is 0 Å². The van der Waals surface area contributed by atoms with Gasteiger partial charge in [-0.05, 0) is 61.3 Å². The van der Waals surface area contributed by atoms with Crippen molar-refractivity contribution in [1.29, 1.82) is 0 Å². The zero-order chi connectivity index (χ0) is 24.6. The average molecular weight is 497 g/mol. The summed E-state index contributed by atoms with van der Waals surface area (Å²) in [6, 6.07) is 15.0. The number of nitrogens with zero attached hydrogens (tertiary/aromatic N) is 4. The van der Waals surface area contributed by atoms with Crippen molar-refractivity contribution >= 4 is 39.7 Å². The van der Waals surface area contributed by atoms with E-state index in [0.717, 1.165) is 40.9 Å². The Morgan fingerprint density at radius 2 is 1.97 bits per heavy atom. The van der Waals surface area contributed by atoms with E-state index in [1.165, 1.54) is 6.33 Å². The number of pyridine rings is 1. The van der Waals surface area contributed by atoms with Gasteiger partial charge in [-0.25, -0.2) is 9.97 Å². The molecular weight excluding hydrogens is 472 g/mol. The molecule has 3 heterocycles. The molecule has 2 aromatic carbocycles. The predicted octanol–water partition coefficient (Wildman–Crippen LogP) is 4.74. The zero-order valence-electron chi connectivity index (χ0n) is 19.8. The van der Waals surface area contributed by atoms with Crippen molar-refractivity contribution in [2.24, 2.45) is 17.8 Å². The number of aromatic nitrogens is 3. The number of fused-ring (bicyclic) bond motifs is 2. The Morgan fingerprint density at radius 3 is 2.75 bits per heavy atom. The standard InChI is InChI=1S/C28H25ClN6O/c1-35-13-22-20(23(22)14-35)7-5-17-10-26-21(12-25(17)30)28(33-16-32-26)34-18-6-8-27(24(29)11-18)36-15-19-4-2-3-9-31-19/h2-4,6,8-12,16,20,22-23H,13-15,30H2,1H3,(H,32,33,34)/t20-,22+,23-. The lowest BCUT2D eigenvalue weighted by atomic mass is 10.1. The van der Waals surface area contributed by atoms with Crippen molar-refractivity contribution in [2.45, 2.75) is 6.61 Å². The number of nitrogen functional groups attached to an aromatic ring is 1. The SMILES string of the molecule is CN1C[C@@H]2[C@H](C#Cc3cc4ncnc(Nc5ccc(OCc6ccccn6)c(Cl)c5)c4cc3N)[C@@H]2C1. The van der Waals surface area contributed by atoms with Crippen molar-refractivity contribution in [1.82, 2.24) is 19.9 Å². The number of benzene rings is 2. The summed E-state index contributed by atoms with van der Waals surface area (Å²) in [5, 5.41) is 4.63. The van der Waals surface area contributed by atoms with Crippen LogP contribution in [0.5, 0.6) is 5.75 Å². The minimum absolute atomic E-state index is 0.341. The number of piperidine rings is 1. The summed E-state index contributed by atoms with van der Waals surface area (Å²) in [6.45, 7) is 2.62. The molecule has 1 aliphatic carbocycles. The maximum atomic E-state index is 6.48. The van der Waals surface area contributed by atoms with Crippen LogP contribution in [0, 0.1) is 29.6 Å². The summed E-state index contributed by atoms with van der Waals surface area (Å²) in [7, 11) is 2.17. The topological polar surface area (TPSA) is 89.2 Å². The quantitative estimate of drug-likeness (QED) is 0.304. The van der Waals surface area contributed by atoms with E-state index in [4.69, 9.17) is 22.1 Å². The van der Waals surface area contributed by atoms with E-state index in [2.05, 4.69) is 44.1 Å². The Labute approximate surface area is 214 Å². The summed E-state index contributed by atoms with van der Waals surface area (Å²) in [5.41, 5.74) is 10.2. The highest BCUT2D eigenvalue weighted by molar-refractivity contribution is 6.32. The Balaban J connectivity index is 1.19. The second kappa shape index (κ2) is 9.30. The molecule has 6 rings (SSSR count). The first-order valence-electron chi connectivity index (χ1n) is 11.9. The van der Waals surface area contributed by atoms with Crippen molar-refractivity contribution in [2.75, 3.05) is 31.2 Å². The van der Waals surface area contributed by atoms with Crippen LogP contribution in [0.1, 0.15) is 11.3 Å². The first kappa shape index (κ1) is 22.6. The molecule has 1 saturated heterocycles. The minimum atomic E-state index is 0.341. The van der Waals surface area contributed by atoms with E-state index in [1.807, 2.05) is 42.5 Å². The van der Waals surface area contributed by atoms with E-state index < -0.39 is 0 Å². The fourth-order valence-corrected chi connectivity index (χ4v) is 5.14. The molecule has 2 aliphatic rings. The molecule has 3 atom stereocenters. The van der Waals surface area contributed by atoms with Crippen molar-refractivity contribution in [3.05, 3.63) is 77.3 Å². The van der Waals surface area contributed by atoms with Crippen molar-refractivity contribution < 1.29 is 4.74 Å². The molecule has 0 spiro atoms. The summed E-state index contributed by atoms with van der Waals surface area (Å²) < 4.78 is 5.82. The van der Waals surface area contributed by atoms with Crippen molar-refractivity contribution in [3.63, 3.8) is 0 Å². The minimum Gasteiger partial charge on any atom is -0.486 e. The van der Waals surface area contributed by atoms with Gasteiger partial charge in [-0.2, -0.15) is 0 Å². The Bertz CT molecular complexity index is 1490. The van der Waals surface area contributed by atoms with Crippen LogP contribution in [0.15, 0.2) is 61.1 Å². The first-order chi connectivity index (χ1) is 17.5. The molecule has 0 radical (unpaired) electrons. The van der Waals surface area contributed by atoms with Gasteiger partial charge in [0.05, 0.1) is 16.2 Å². The van der Waals surface area contributed by atoms with Gasteiger partial charge in [-0.3, -0.25) is 4.98 Å². The van der Waals surface area contributed by atoms with Crippen LogP contribution in [0.4, 0.5) is 17.2 Å². The van der Waals surface area contributed by atoms with Gasteiger partial charge >= 0.3 is 0 Å². The highest BCUT2D eigenvalue weighted by Crippen LogP contribution is 2.50. The number of hydrogen-bond acceptors (Lipinski definition) is 7. The molecule has 7 nitrogen and oxygen atoms in total. The zero-order valence-corrected chi connectivity index (χ0v) is 20.5. The molecule has 0 amide bonds. The van der Waals surface area contributed by atoms with Gasteiger partial charge in [-0.15, -0.1) is 0 Å². The van der Waals surface area contributed by atoms with Gasteiger partial charge < -0.3 is 20.7 Å². The van der Waals surface area contributed by atoms with Crippen LogP contribution in [0.3, 0.4) is 0 Å². The normalized spacial score (nSPS) is 20.4. The molecule has 2 aromatic heterocycles. The molecule has 8 heteroatoms. The lowest BCUT2D eigenvalue weighted by molar-refractivity contribution is 0.301. The van der Waals surface area contributed by atoms with Gasteiger partial charge in [0.1, 0.15) is 24.5 Å². The monoisotopic (exact) mass is 496 g/mol. The van der Waals surface area contributed by atoms with Gasteiger partial charge in [0.2, 0.25) is 0 Å². The highest BCUT2D eigenvalue weighted by atomic mass is 35.5. The van der Waals surface area contributed by atoms with Crippen LogP contribution in [0.2, 0.25) is 5.02 Å². The summed E-state index contributed by atoms with van der Waals surface area (Å²) in [6.07, 6.45) is 3.27. The number of nitrogens with two attached hydrogens (primary N) is 1. The van der Waals surface area contributed by atoms with Gasteiger partial charge in [0, 0.05) is 47.5 Å². The fourth-order valence-electron chi connectivity index (χ4n) is 4.91. The molecule has 0 bridgehead atoms. The number of hydrogen-bond donors (Lipinski definition) is 2. The Hall–Kier alpha value is -3.86. The number of anilines is 3. The third-order valence-electron chi connectivity index (χ3n) is 6.85. The maximum absolute atomic E-state index is 6.48. The smallest absolute Gasteiger partial charge is 0.141 e. The molecular formula is C28H25ClN6O. The number of likely N-dealkylation sites (tertiary alicyclic amines) is 1. The molecule has 180 valence electrons. The van der Waals surface area contributed by atoms with Crippen LogP contribution in [-0.2, 0) is 6.61 Å². The molecule has 0 unspecified atom stereocenters. The van der Waals surface area contributed by atoms with E-state index >= 15 is 0 Å². The molecule has 36 heavy (non-hydrogen) atoms. The predicted molar refractivity (Wildman–Crippen MR) is 142 cm³/mol. The third-order valence-corrected chi connectivity index (χ3v) is 7.15. The van der Waals surface area contributed by atoms with Crippen LogP contribution >= 0.6 is 11.6 Å². The van der Waals surface area contributed by atoms with Gasteiger partial charge in [0.15, 0.2) is 0 Å². The van der Waals surface area contributed by atoms with Gasteiger partial charge in [-0.1, -0.05) is 29.5 Å². The lowest BCUT2D eigenvalue weighted by Crippen LogP contribution is -2.18. The second-order valence-electron chi connectivity index (χ2n) is 9.40. The average Bonchev–Trinajstić information content (AvgIpc) is 3.34. The van der Waals surface area contributed by atoms with Crippen LogP contribution in [0.25, 0.3) is 10.9 Å². The van der Waals surface area contributed by atoms with E-state index in [0.29, 0.717) is 46.6 Å². The summed E-state index contributed by atoms with van der Waals surface area (Å²) in [5.74, 6) is 9.88. The Kier molecular flexibility index (Phi) is 5.84. The molecule has 1 aliphatic heterocycles. The lowest BCUT2D eigenvalue weighted by Gasteiger charge is -2.12. The molecule has 2 fully saturated rings. The third kappa shape index (κ3) is 4.53.